The summed E-state index contributed by atoms with van der Waals surface area (Å²) in [4.78, 5) is 105. The van der Waals surface area contributed by atoms with Crippen molar-refractivity contribution in [1.82, 2.24) is 35.6 Å². The maximum absolute atomic E-state index is 15.5. The largest absolute Gasteiger partial charge is 0.463 e. The van der Waals surface area contributed by atoms with Gasteiger partial charge in [0.2, 0.25) is 29.5 Å². The van der Waals surface area contributed by atoms with Gasteiger partial charge in [-0.05, 0) is 50.4 Å². The van der Waals surface area contributed by atoms with Gasteiger partial charge in [0.05, 0.1) is 30.5 Å². The van der Waals surface area contributed by atoms with E-state index in [1.807, 2.05) is 34.6 Å². The zero-order chi connectivity index (χ0) is 78.3. The van der Waals surface area contributed by atoms with Gasteiger partial charge in [0.1, 0.15) is 97.6 Å². The fourth-order valence-corrected chi connectivity index (χ4v) is 16.3. The number of rotatable bonds is 41. The number of likely N-dealkylation sites (tertiary alicyclic amines) is 4. The Labute approximate surface area is 633 Å². The first-order chi connectivity index (χ1) is 50.9. The van der Waals surface area contributed by atoms with Gasteiger partial charge in [-0.25, -0.2) is 0 Å². The summed E-state index contributed by atoms with van der Waals surface area (Å²) in [7, 11) is 2.98. The van der Waals surface area contributed by atoms with Crippen LogP contribution in [0.3, 0.4) is 0 Å². The number of carbonyl (C=O) groups excluding carboxylic acids is 7. The molecule has 0 bridgehead atoms. The van der Waals surface area contributed by atoms with Crippen LogP contribution in [0.4, 0.5) is 0 Å². The molecule has 0 aromatic rings. The molecule has 0 aromatic heterocycles. The fraction of sp³-hybridized carbons (Fsp3) is 0.868. The highest BCUT2D eigenvalue weighted by Gasteiger charge is 2.55. The predicted molar refractivity (Wildman–Crippen MR) is 391 cm³/mol. The number of guanidine groups is 2. The van der Waals surface area contributed by atoms with E-state index in [4.69, 9.17) is 87.9 Å². The number of carbonyl (C=O) groups is 7. The summed E-state index contributed by atoms with van der Waals surface area (Å²) in [6.45, 7) is 11.8. The number of hydrogen-bond donors (Lipinski definition) is 17. The molecule has 1 aliphatic carbocycles. The molecule has 7 rings (SSSR count). The van der Waals surface area contributed by atoms with Crippen molar-refractivity contribution in [3.63, 3.8) is 0 Å². The lowest BCUT2D eigenvalue weighted by Crippen LogP contribution is -2.68. The third-order valence-corrected chi connectivity index (χ3v) is 22.5. The van der Waals surface area contributed by atoms with Crippen molar-refractivity contribution in [2.45, 2.75) is 265 Å². The Bertz CT molecular complexity index is 2880. The number of nitrogens with one attached hydrogen (secondary N) is 5. The van der Waals surface area contributed by atoms with Gasteiger partial charge in [0, 0.05) is 154 Å². The molecule has 39 heteroatoms. The van der Waals surface area contributed by atoms with Crippen molar-refractivity contribution in [2.24, 2.45) is 46.2 Å². The molecule has 23 N–H and O–H groups in total. The lowest BCUT2D eigenvalue weighted by Gasteiger charge is -2.48. The van der Waals surface area contributed by atoms with Crippen molar-refractivity contribution in [3.05, 3.63) is 0 Å². The Kier molecular flexibility index (Phi) is 36.5. The molecule has 37 nitrogen and oxygen atoms in total. The normalized spacial score (nSPS) is 33.1. The minimum atomic E-state index is -1.75. The minimum absolute atomic E-state index is 0.00853. The molecule has 6 heterocycles. The van der Waals surface area contributed by atoms with Gasteiger partial charge in [-0.2, -0.15) is 0 Å². The minimum Gasteiger partial charge on any atom is -0.463 e. The van der Waals surface area contributed by atoms with Crippen molar-refractivity contribution in [2.75, 3.05) is 96.9 Å². The van der Waals surface area contributed by atoms with E-state index in [1.165, 1.54) is 41.2 Å². The average Bonchev–Trinajstić information content (AvgIpc) is 1.73. The predicted octanol–water partition coefficient (Wildman–Crippen LogP) is -4.92. The molecule has 6 saturated heterocycles. The highest BCUT2D eigenvalue weighted by molar-refractivity contribution is 8.76. The highest BCUT2D eigenvalue weighted by atomic mass is 33.1. The van der Waals surface area contributed by atoms with E-state index in [9.17, 15) is 54.6 Å². The number of esters is 1. The van der Waals surface area contributed by atoms with Crippen molar-refractivity contribution in [3.8, 4) is 0 Å². The number of hydrogen-bond acceptors (Lipinski definition) is 30. The Morgan fingerprint density at radius 3 is 1.51 bits per heavy atom. The van der Waals surface area contributed by atoms with Crippen LogP contribution in [0.1, 0.15) is 125 Å². The maximum Gasteiger partial charge on any atom is 0.305 e. The number of aliphatic hydroxyl groups excluding tert-OH is 6. The second-order valence-electron chi connectivity index (χ2n) is 29.6. The molecule has 7 aliphatic rings. The number of primary amides is 1. The molecule has 0 aromatic carbocycles. The Morgan fingerprint density at radius 2 is 1.00 bits per heavy atom. The summed E-state index contributed by atoms with van der Waals surface area (Å²) in [5.74, 6) is -2.17. The summed E-state index contributed by atoms with van der Waals surface area (Å²) in [5, 5.41) is 89.0. The van der Waals surface area contributed by atoms with Gasteiger partial charge < -0.3 is 143 Å². The van der Waals surface area contributed by atoms with E-state index in [-0.39, 0.29) is 133 Å². The third kappa shape index (κ3) is 25.8. The summed E-state index contributed by atoms with van der Waals surface area (Å²) in [6.07, 6.45) is -17.4. The fourth-order valence-electron chi connectivity index (χ4n) is 14.1. The lowest BCUT2D eigenvalue weighted by atomic mass is 9.84. The van der Waals surface area contributed by atoms with E-state index < -0.39 is 182 Å². The quantitative estimate of drug-likeness (QED) is 0.00897. The number of ether oxygens (including phenoxy) is 9. The van der Waals surface area contributed by atoms with Crippen molar-refractivity contribution < 1.29 is 107 Å². The molecule has 7 fully saturated rings. The molecular formula is C68H121N15O22S2. The number of aliphatic hydroxyl groups is 6. The zero-order valence-electron chi connectivity index (χ0n) is 62.2. The van der Waals surface area contributed by atoms with Crippen molar-refractivity contribution >= 4 is 74.8 Å². The summed E-state index contributed by atoms with van der Waals surface area (Å²) < 4.78 is 53.7. The third-order valence-electron chi connectivity index (χ3n) is 20.0. The van der Waals surface area contributed by atoms with Gasteiger partial charge >= 0.3 is 5.97 Å². The van der Waals surface area contributed by atoms with E-state index in [0.29, 0.717) is 70.0 Å². The topological polar surface area (TPSA) is 577 Å². The first kappa shape index (κ1) is 89.2. The molecule has 1 saturated carbocycles. The van der Waals surface area contributed by atoms with E-state index in [0.717, 1.165) is 6.42 Å². The summed E-state index contributed by atoms with van der Waals surface area (Å²) >= 11 is 0. The van der Waals surface area contributed by atoms with Crippen LogP contribution in [-0.2, 0) is 76.2 Å². The van der Waals surface area contributed by atoms with Gasteiger partial charge in [-0.1, -0.05) is 56.2 Å². The van der Waals surface area contributed by atoms with E-state index in [1.54, 1.807) is 0 Å². The zero-order valence-corrected chi connectivity index (χ0v) is 63.9. The SMILES string of the molecule is CCCNC(=N)NCCCO[C@@H]1CC(C(=O)N2C[C@H](OCCCNC(=N)N)C[C@H]2C(=O)N2C[C@H](OCC(C)C)CC2C(N)=O)N(C(=O)[C@@H]2C[C@@H](OCC(C)C)CN2C(=O)CCC(=O)CCCSSCCCC(=O)OC[C@H]2O[C@H](O[C@@H]3[C@@H](O)[C@H](O[C@H]4O[C@H](CN)[C@@H](O)[C@H](O)[C@H]4O)[C@@H](N)C[C@H]3N)[C@H](O)[C@@H](N)[C@@H]2O)C1. The van der Waals surface area contributed by atoms with E-state index in [2.05, 4.69) is 16.0 Å². The second-order valence-corrected chi connectivity index (χ2v) is 32.3. The Balaban J connectivity index is 0.908. The van der Waals surface area contributed by atoms with Crippen LogP contribution in [0.2, 0.25) is 0 Å². The summed E-state index contributed by atoms with van der Waals surface area (Å²) in [5.41, 5.74) is 35.9. The summed E-state index contributed by atoms with van der Waals surface area (Å²) in [6, 6.07) is -7.66. The Morgan fingerprint density at radius 1 is 0.533 bits per heavy atom. The van der Waals surface area contributed by atoms with Crippen molar-refractivity contribution in [1.29, 1.82) is 10.8 Å². The highest BCUT2D eigenvalue weighted by Crippen LogP contribution is 2.36. The first-order valence-corrected chi connectivity index (χ1v) is 40.1. The van der Waals surface area contributed by atoms with Gasteiger partial charge in [-0.3, -0.25) is 44.4 Å². The number of nitrogens with zero attached hydrogens (tertiary/aromatic N) is 4. The standard InChI is InChI=1S/C68H121N15O22S2/c1-6-15-78-68(76)79-17-10-19-98-39-24-47(64(96)83-30-38(97-18-9-16-77-67(74)75)23-46(83)63(95)81-31-40(99-32-35(2)3)22-44(81)61(73)93)82(29-39)62(94)45-25-41(100-33-36(4)5)28-80(45)50(85)14-13-37(84)11-7-20-106-107-21-8-12-51(86)101-34-49-53(87)52(72)55(89)65(103-49)104-59-42(70)26-43(71)60(58(59)92)105-66-57(91)56(90)54(88)48(27-69)102-66/h35-36,38-49,52-60,65-66,87-92H,6-34,69-72H2,1-5H3,(H2,73,93)(H4,74,75,77)(H3,76,78,79)/t38-,39-,40-,41-,42-,43+,44?,45+,46+,47?,48-,49-,52+,53-,54-,55-,56+,57-,58-,59+,60-,65-,66-/m1/s1. The van der Waals surface area contributed by atoms with Crippen LogP contribution >= 0.6 is 21.6 Å². The average molecular weight is 1560 g/mol. The molecule has 6 aliphatic heterocycles. The molecule has 0 spiro atoms. The monoisotopic (exact) mass is 1560 g/mol. The molecule has 23 atom stereocenters. The van der Waals surface area contributed by atoms with Gasteiger partial charge in [0.15, 0.2) is 24.5 Å². The lowest BCUT2D eigenvalue weighted by molar-refractivity contribution is -0.332. The molecule has 107 heavy (non-hydrogen) atoms. The maximum atomic E-state index is 15.5. The van der Waals surface area contributed by atoms with Crippen LogP contribution in [0.15, 0.2) is 0 Å². The van der Waals surface area contributed by atoms with Crippen LogP contribution in [-0.4, -0.2) is 341 Å². The van der Waals surface area contributed by atoms with Crippen LogP contribution in [0, 0.1) is 22.7 Å². The number of nitrogens with two attached hydrogens (primary N) is 6. The molecule has 0 radical (unpaired) electrons. The first-order valence-electron chi connectivity index (χ1n) is 37.6. The van der Waals surface area contributed by atoms with Gasteiger partial charge in [-0.15, -0.1) is 0 Å². The van der Waals surface area contributed by atoms with Crippen LogP contribution < -0.4 is 50.4 Å². The number of amides is 5. The van der Waals surface area contributed by atoms with Gasteiger partial charge in [0.25, 0.3) is 0 Å². The second kappa shape index (κ2) is 43.7. The van der Waals surface area contributed by atoms with Crippen LogP contribution in [0.5, 0.6) is 0 Å². The molecular weight excluding hydrogens is 1440 g/mol. The number of Topliss-reactive ketones (excluding diaryl/α,β-unsaturated/α-hetero) is 1. The smallest absolute Gasteiger partial charge is 0.305 e. The number of ketones is 1. The Hall–Kier alpha value is -4.99. The van der Waals surface area contributed by atoms with Crippen LogP contribution in [0.25, 0.3) is 0 Å². The molecule has 2 unspecified atom stereocenters. The molecule has 612 valence electrons. The van der Waals surface area contributed by atoms with E-state index >= 15 is 9.59 Å². The molecule has 5 amide bonds.